The molecule has 2 nitrogen and oxygen atoms in total. The quantitative estimate of drug-likeness (QED) is 0.775. The molecule has 2 aromatic carbocycles. The largest absolute Gasteiger partial charge is 0.492 e. The molecule has 0 aliphatic rings. The van der Waals surface area contributed by atoms with Crippen molar-refractivity contribution in [1.82, 2.24) is 0 Å². The summed E-state index contributed by atoms with van der Waals surface area (Å²) in [4.78, 5) is 0. The minimum Gasteiger partial charge on any atom is -0.492 e. The number of halogens is 1. The SMILES string of the molecule is CCOc1cc(Br)cc(Cc2ccc(CC)cc2)c1C#N. The Kier molecular flexibility index (Phi) is 5.41. The smallest absolute Gasteiger partial charge is 0.138 e. The van der Waals surface area contributed by atoms with Crippen molar-refractivity contribution in [2.24, 2.45) is 0 Å². The molecule has 3 heteroatoms. The van der Waals surface area contributed by atoms with E-state index in [1.165, 1.54) is 11.1 Å². The maximum atomic E-state index is 9.43. The van der Waals surface area contributed by atoms with Gasteiger partial charge in [-0.3, -0.25) is 0 Å². The van der Waals surface area contributed by atoms with E-state index in [4.69, 9.17) is 4.74 Å². The Morgan fingerprint density at radius 1 is 1.10 bits per heavy atom. The molecular formula is C18H18BrNO. The summed E-state index contributed by atoms with van der Waals surface area (Å²) in [6, 6.07) is 14.7. The highest BCUT2D eigenvalue weighted by Gasteiger charge is 2.11. The molecule has 0 amide bonds. The van der Waals surface area contributed by atoms with E-state index in [2.05, 4.69) is 53.2 Å². The van der Waals surface area contributed by atoms with E-state index in [9.17, 15) is 5.26 Å². The number of aryl methyl sites for hydroxylation is 1. The van der Waals surface area contributed by atoms with Gasteiger partial charge in [0.2, 0.25) is 0 Å². The summed E-state index contributed by atoms with van der Waals surface area (Å²) in [7, 11) is 0. The van der Waals surface area contributed by atoms with Gasteiger partial charge in [0.05, 0.1) is 12.2 Å². The van der Waals surface area contributed by atoms with Crippen molar-refractivity contribution < 1.29 is 4.74 Å². The predicted molar refractivity (Wildman–Crippen MR) is 88.7 cm³/mol. The van der Waals surface area contributed by atoms with Gasteiger partial charge in [-0.05, 0) is 48.6 Å². The second-order valence-electron chi connectivity index (χ2n) is 4.83. The maximum Gasteiger partial charge on any atom is 0.138 e. The lowest BCUT2D eigenvalue weighted by molar-refractivity contribution is 0.338. The third-order valence-electron chi connectivity index (χ3n) is 3.39. The monoisotopic (exact) mass is 343 g/mol. The highest BCUT2D eigenvalue weighted by atomic mass is 79.9. The molecular weight excluding hydrogens is 326 g/mol. The number of hydrogen-bond acceptors (Lipinski definition) is 2. The normalized spacial score (nSPS) is 10.2. The molecule has 21 heavy (non-hydrogen) atoms. The van der Waals surface area contributed by atoms with Gasteiger partial charge in [-0.1, -0.05) is 47.1 Å². The first kappa shape index (κ1) is 15.6. The van der Waals surface area contributed by atoms with E-state index < -0.39 is 0 Å². The Morgan fingerprint density at radius 3 is 2.33 bits per heavy atom. The van der Waals surface area contributed by atoms with Gasteiger partial charge >= 0.3 is 0 Å². The van der Waals surface area contributed by atoms with Crippen LogP contribution in [0.5, 0.6) is 5.75 Å². The zero-order chi connectivity index (χ0) is 15.2. The van der Waals surface area contributed by atoms with Crippen LogP contribution in [-0.2, 0) is 12.8 Å². The Hall–Kier alpha value is -1.79. The molecule has 0 unspecified atom stereocenters. The Morgan fingerprint density at radius 2 is 1.76 bits per heavy atom. The number of benzene rings is 2. The van der Waals surface area contributed by atoms with Crippen molar-refractivity contribution >= 4 is 15.9 Å². The average Bonchev–Trinajstić information content (AvgIpc) is 2.48. The molecule has 0 saturated carbocycles. The van der Waals surface area contributed by atoms with Gasteiger partial charge in [-0.15, -0.1) is 0 Å². The summed E-state index contributed by atoms with van der Waals surface area (Å²) < 4.78 is 6.51. The van der Waals surface area contributed by atoms with Gasteiger partial charge < -0.3 is 4.74 Å². The van der Waals surface area contributed by atoms with Crippen molar-refractivity contribution in [3.63, 3.8) is 0 Å². The standard InChI is InChI=1S/C18H18BrNO/c1-3-13-5-7-14(8-6-13)9-15-10-16(19)11-18(21-4-2)17(15)12-20/h5-8,10-11H,3-4,9H2,1-2H3. The third-order valence-corrected chi connectivity index (χ3v) is 3.84. The Bertz CT molecular complexity index is 656. The van der Waals surface area contributed by atoms with Gasteiger partial charge in [0, 0.05) is 4.47 Å². The van der Waals surface area contributed by atoms with Crippen LogP contribution in [-0.4, -0.2) is 6.61 Å². The van der Waals surface area contributed by atoms with Crippen LogP contribution in [0.25, 0.3) is 0 Å². The van der Waals surface area contributed by atoms with Crippen molar-refractivity contribution in [2.75, 3.05) is 6.61 Å². The lowest BCUT2D eigenvalue weighted by atomic mass is 9.98. The number of nitrogens with zero attached hydrogens (tertiary/aromatic N) is 1. The van der Waals surface area contributed by atoms with Crippen molar-refractivity contribution in [1.29, 1.82) is 5.26 Å². The van der Waals surface area contributed by atoms with Crippen LogP contribution in [0.1, 0.15) is 36.1 Å². The van der Waals surface area contributed by atoms with Crippen LogP contribution in [0.3, 0.4) is 0 Å². The molecule has 0 spiro atoms. The fourth-order valence-corrected chi connectivity index (χ4v) is 2.77. The molecule has 2 aromatic rings. The van der Waals surface area contributed by atoms with Crippen LogP contribution in [0.2, 0.25) is 0 Å². The molecule has 0 aliphatic carbocycles. The lowest BCUT2D eigenvalue weighted by Gasteiger charge is -2.11. The molecule has 0 atom stereocenters. The zero-order valence-corrected chi connectivity index (χ0v) is 13.9. The zero-order valence-electron chi connectivity index (χ0n) is 12.3. The second kappa shape index (κ2) is 7.28. The summed E-state index contributed by atoms with van der Waals surface area (Å²) in [5.41, 5.74) is 4.13. The second-order valence-corrected chi connectivity index (χ2v) is 5.75. The molecule has 0 fully saturated rings. The molecule has 108 valence electrons. The number of rotatable bonds is 5. The minimum atomic E-state index is 0.551. The summed E-state index contributed by atoms with van der Waals surface area (Å²) in [5.74, 6) is 0.648. The van der Waals surface area contributed by atoms with Crippen LogP contribution >= 0.6 is 15.9 Å². The Balaban J connectivity index is 2.36. The predicted octanol–water partition coefficient (Wildman–Crippen LogP) is 4.87. The molecule has 0 N–H and O–H groups in total. The molecule has 0 bridgehead atoms. The van der Waals surface area contributed by atoms with Gasteiger partial charge in [0.15, 0.2) is 0 Å². The van der Waals surface area contributed by atoms with E-state index in [0.717, 1.165) is 22.9 Å². The highest BCUT2D eigenvalue weighted by molar-refractivity contribution is 9.10. The summed E-state index contributed by atoms with van der Waals surface area (Å²) in [6.07, 6.45) is 1.77. The average molecular weight is 344 g/mol. The first-order valence-corrected chi connectivity index (χ1v) is 7.90. The summed E-state index contributed by atoms with van der Waals surface area (Å²) in [5, 5.41) is 9.43. The number of hydrogen-bond donors (Lipinski definition) is 0. The number of ether oxygens (including phenoxy) is 1. The third kappa shape index (κ3) is 3.86. The first-order valence-electron chi connectivity index (χ1n) is 7.11. The van der Waals surface area contributed by atoms with Gasteiger partial charge in [0.25, 0.3) is 0 Å². The van der Waals surface area contributed by atoms with E-state index in [-0.39, 0.29) is 0 Å². The van der Waals surface area contributed by atoms with E-state index in [1.54, 1.807) is 0 Å². The van der Waals surface area contributed by atoms with Crippen LogP contribution in [0.15, 0.2) is 40.9 Å². The van der Waals surface area contributed by atoms with E-state index in [1.807, 2.05) is 19.1 Å². The van der Waals surface area contributed by atoms with Crippen LogP contribution in [0.4, 0.5) is 0 Å². The lowest BCUT2D eigenvalue weighted by Crippen LogP contribution is -2.00. The molecule has 0 radical (unpaired) electrons. The van der Waals surface area contributed by atoms with Crippen LogP contribution in [0, 0.1) is 11.3 Å². The summed E-state index contributed by atoms with van der Waals surface area (Å²) >= 11 is 3.49. The maximum absolute atomic E-state index is 9.43. The van der Waals surface area contributed by atoms with E-state index in [0.29, 0.717) is 17.9 Å². The fraction of sp³-hybridized carbons (Fsp3) is 0.278. The van der Waals surface area contributed by atoms with E-state index >= 15 is 0 Å². The topological polar surface area (TPSA) is 33.0 Å². The molecule has 0 aromatic heterocycles. The minimum absolute atomic E-state index is 0.551. The van der Waals surface area contributed by atoms with Gasteiger partial charge in [-0.25, -0.2) is 0 Å². The van der Waals surface area contributed by atoms with Crippen molar-refractivity contribution in [3.05, 3.63) is 63.1 Å². The molecule has 0 aliphatic heterocycles. The summed E-state index contributed by atoms with van der Waals surface area (Å²) in [6.45, 7) is 4.62. The Labute approximate surface area is 134 Å². The highest BCUT2D eigenvalue weighted by Crippen LogP contribution is 2.29. The molecule has 0 heterocycles. The fourth-order valence-electron chi connectivity index (χ4n) is 2.28. The van der Waals surface area contributed by atoms with Gasteiger partial charge in [-0.2, -0.15) is 5.26 Å². The number of nitriles is 1. The molecule has 2 rings (SSSR count). The van der Waals surface area contributed by atoms with Crippen LogP contribution < -0.4 is 4.74 Å². The van der Waals surface area contributed by atoms with Gasteiger partial charge in [0.1, 0.15) is 11.8 Å². The van der Waals surface area contributed by atoms with Crippen molar-refractivity contribution in [2.45, 2.75) is 26.7 Å². The van der Waals surface area contributed by atoms with Crippen molar-refractivity contribution in [3.8, 4) is 11.8 Å². The molecule has 0 saturated heterocycles. The first-order chi connectivity index (χ1) is 10.2.